The molecule has 2 aromatic rings. The minimum atomic E-state index is -0.525. The summed E-state index contributed by atoms with van der Waals surface area (Å²) in [5.74, 6) is 0.721. The second kappa shape index (κ2) is 9.30. The summed E-state index contributed by atoms with van der Waals surface area (Å²) in [6.07, 6.45) is 0.839. The molecule has 0 spiro atoms. The van der Waals surface area contributed by atoms with Crippen molar-refractivity contribution >= 4 is 17.5 Å². The van der Waals surface area contributed by atoms with Crippen LogP contribution in [0.25, 0.3) is 0 Å². The Morgan fingerprint density at radius 3 is 2.43 bits per heavy atom. The lowest BCUT2D eigenvalue weighted by Gasteiger charge is -2.36. The van der Waals surface area contributed by atoms with Crippen molar-refractivity contribution in [2.24, 2.45) is 0 Å². The Kier molecular flexibility index (Phi) is 6.33. The van der Waals surface area contributed by atoms with Gasteiger partial charge >= 0.3 is 0 Å². The average Bonchev–Trinajstić information content (AvgIpc) is 2.79. The maximum absolute atomic E-state index is 12.8. The fraction of sp³-hybridized carbons (Fsp3) is 0.417. The summed E-state index contributed by atoms with van der Waals surface area (Å²) in [4.78, 5) is 31.4. The second-order valence-electron chi connectivity index (χ2n) is 7.93. The molecule has 2 aliphatic heterocycles. The Morgan fingerprint density at radius 2 is 1.67 bits per heavy atom. The summed E-state index contributed by atoms with van der Waals surface area (Å²) in [6.45, 7) is 6.44. The number of carbonyl (C=O) groups excluding carboxylic acids is 2. The van der Waals surface area contributed by atoms with Crippen LogP contribution in [0.4, 0.5) is 5.69 Å². The number of anilines is 1. The third kappa shape index (κ3) is 4.65. The Bertz CT molecular complexity index is 878. The van der Waals surface area contributed by atoms with Gasteiger partial charge in [0.05, 0.1) is 5.69 Å². The van der Waals surface area contributed by atoms with Crippen molar-refractivity contribution in [3.05, 3.63) is 60.2 Å². The van der Waals surface area contributed by atoms with E-state index >= 15 is 0 Å². The third-order valence-corrected chi connectivity index (χ3v) is 5.91. The smallest absolute Gasteiger partial charge is 0.267 e. The summed E-state index contributed by atoms with van der Waals surface area (Å²) >= 11 is 0. The number of hydrogen-bond acceptors (Lipinski definition) is 4. The molecule has 6 nitrogen and oxygen atoms in total. The molecule has 2 aliphatic rings. The van der Waals surface area contributed by atoms with Crippen LogP contribution in [0.15, 0.2) is 54.6 Å². The van der Waals surface area contributed by atoms with Crippen molar-refractivity contribution < 1.29 is 14.3 Å². The number of amides is 2. The predicted molar refractivity (Wildman–Crippen MR) is 117 cm³/mol. The van der Waals surface area contributed by atoms with Gasteiger partial charge in [0.2, 0.25) is 5.91 Å². The van der Waals surface area contributed by atoms with Gasteiger partial charge in [0.1, 0.15) is 5.75 Å². The van der Waals surface area contributed by atoms with Gasteiger partial charge in [0.25, 0.3) is 5.91 Å². The summed E-state index contributed by atoms with van der Waals surface area (Å²) in [5, 5.41) is 0. The van der Waals surface area contributed by atoms with E-state index in [2.05, 4.69) is 29.2 Å². The number of fused-ring (bicyclic) bond motifs is 1. The molecule has 0 aliphatic carbocycles. The van der Waals surface area contributed by atoms with E-state index < -0.39 is 6.10 Å². The molecule has 0 saturated carbocycles. The van der Waals surface area contributed by atoms with Gasteiger partial charge in [-0.3, -0.25) is 14.5 Å². The SMILES string of the molecule is CC1Oc2ccccc2N(CCC(=O)N2CCN(CCc3ccccc3)CC2)C1=O. The summed E-state index contributed by atoms with van der Waals surface area (Å²) < 4.78 is 5.67. The number of nitrogens with zero attached hydrogens (tertiary/aromatic N) is 3. The van der Waals surface area contributed by atoms with Crippen molar-refractivity contribution in [1.29, 1.82) is 0 Å². The van der Waals surface area contributed by atoms with E-state index in [1.165, 1.54) is 5.56 Å². The molecule has 30 heavy (non-hydrogen) atoms. The van der Waals surface area contributed by atoms with E-state index in [9.17, 15) is 9.59 Å². The average molecular weight is 408 g/mol. The largest absolute Gasteiger partial charge is 0.479 e. The van der Waals surface area contributed by atoms with E-state index in [0.717, 1.165) is 44.8 Å². The number of piperazine rings is 1. The van der Waals surface area contributed by atoms with Crippen molar-refractivity contribution in [3.8, 4) is 5.75 Å². The fourth-order valence-electron chi connectivity index (χ4n) is 4.11. The van der Waals surface area contributed by atoms with Gasteiger partial charge in [-0.1, -0.05) is 42.5 Å². The first kappa shape index (κ1) is 20.4. The zero-order valence-electron chi connectivity index (χ0n) is 17.5. The van der Waals surface area contributed by atoms with Gasteiger partial charge in [-0.2, -0.15) is 0 Å². The zero-order chi connectivity index (χ0) is 20.9. The molecule has 4 rings (SSSR count). The molecule has 1 fully saturated rings. The zero-order valence-corrected chi connectivity index (χ0v) is 17.5. The Balaban J connectivity index is 1.26. The summed E-state index contributed by atoms with van der Waals surface area (Å²) in [7, 11) is 0. The van der Waals surface area contributed by atoms with Gasteiger partial charge < -0.3 is 14.5 Å². The minimum Gasteiger partial charge on any atom is -0.479 e. The monoisotopic (exact) mass is 407 g/mol. The van der Waals surface area contributed by atoms with Gasteiger partial charge in [-0.15, -0.1) is 0 Å². The molecule has 0 bridgehead atoms. The van der Waals surface area contributed by atoms with Crippen LogP contribution in [0.1, 0.15) is 18.9 Å². The van der Waals surface area contributed by atoms with Crippen LogP contribution >= 0.6 is 0 Å². The van der Waals surface area contributed by atoms with Crippen molar-refractivity contribution in [3.63, 3.8) is 0 Å². The molecule has 1 atom stereocenters. The lowest BCUT2D eigenvalue weighted by molar-refractivity contribution is -0.132. The Labute approximate surface area is 178 Å². The Morgan fingerprint density at radius 1 is 0.967 bits per heavy atom. The maximum Gasteiger partial charge on any atom is 0.267 e. The highest BCUT2D eigenvalue weighted by atomic mass is 16.5. The van der Waals surface area contributed by atoms with Crippen LogP contribution < -0.4 is 9.64 Å². The first-order chi connectivity index (χ1) is 14.6. The fourth-order valence-corrected chi connectivity index (χ4v) is 4.11. The van der Waals surface area contributed by atoms with Crippen LogP contribution in [0, 0.1) is 0 Å². The maximum atomic E-state index is 12.8. The number of rotatable bonds is 6. The molecule has 0 radical (unpaired) electrons. The standard InChI is InChI=1S/C24H29N3O3/c1-19-24(29)27(21-9-5-6-10-22(21)30-19)14-12-23(28)26-17-15-25(16-18-26)13-11-20-7-3-2-4-8-20/h2-10,19H,11-18H2,1H3. The molecule has 1 unspecified atom stereocenters. The lowest BCUT2D eigenvalue weighted by Crippen LogP contribution is -2.50. The molecule has 0 N–H and O–H groups in total. The normalized spacial score (nSPS) is 19.4. The number of hydrogen-bond donors (Lipinski definition) is 0. The van der Waals surface area contributed by atoms with Gasteiger partial charge in [0.15, 0.2) is 6.10 Å². The first-order valence-corrected chi connectivity index (χ1v) is 10.7. The highest BCUT2D eigenvalue weighted by Gasteiger charge is 2.32. The molecule has 2 heterocycles. The number of para-hydroxylation sites is 2. The van der Waals surface area contributed by atoms with E-state index in [1.54, 1.807) is 11.8 Å². The topological polar surface area (TPSA) is 53.1 Å². The number of carbonyl (C=O) groups is 2. The van der Waals surface area contributed by atoms with Crippen LogP contribution in [0.5, 0.6) is 5.75 Å². The van der Waals surface area contributed by atoms with Gasteiger partial charge in [-0.25, -0.2) is 0 Å². The predicted octanol–water partition coefficient (Wildman–Crippen LogP) is 2.58. The van der Waals surface area contributed by atoms with Crippen LogP contribution in [0.2, 0.25) is 0 Å². The van der Waals surface area contributed by atoms with Crippen molar-refractivity contribution in [1.82, 2.24) is 9.80 Å². The van der Waals surface area contributed by atoms with Crippen LogP contribution in [0.3, 0.4) is 0 Å². The summed E-state index contributed by atoms with van der Waals surface area (Å²) in [5.41, 5.74) is 2.10. The van der Waals surface area contributed by atoms with Crippen LogP contribution in [-0.4, -0.2) is 67.0 Å². The van der Waals surface area contributed by atoms with Gasteiger partial charge in [-0.05, 0) is 31.0 Å². The molecule has 158 valence electrons. The quantitative estimate of drug-likeness (QED) is 0.739. The highest BCUT2D eigenvalue weighted by Crippen LogP contribution is 2.33. The molecule has 1 saturated heterocycles. The molecule has 6 heteroatoms. The second-order valence-corrected chi connectivity index (χ2v) is 7.93. The number of benzene rings is 2. The van der Waals surface area contributed by atoms with E-state index in [4.69, 9.17) is 4.74 Å². The Hall–Kier alpha value is -2.86. The summed E-state index contributed by atoms with van der Waals surface area (Å²) in [6, 6.07) is 18.0. The third-order valence-electron chi connectivity index (χ3n) is 5.91. The lowest BCUT2D eigenvalue weighted by atomic mass is 10.1. The van der Waals surface area contributed by atoms with Gasteiger partial charge in [0, 0.05) is 45.7 Å². The molecular weight excluding hydrogens is 378 g/mol. The van der Waals surface area contributed by atoms with E-state index in [1.807, 2.05) is 35.2 Å². The first-order valence-electron chi connectivity index (χ1n) is 10.7. The van der Waals surface area contributed by atoms with E-state index in [-0.39, 0.29) is 11.8 Å². The van der Waals surface area contributed by atoms with E-state index in [0.29, 0.717) is 18.7 Å². The highest BCUT2D eigenvalue weighted by molar-refractivity contribution is 6.00. The number of ether oxygens (including phenoxy) is 1. The van der Waals surface area contributed by atoms with Crippen molar-refractivity contribution in [2.45, 2.75) is 25.9 Å². The van der Waals surface area contributed by atoms with Crippen LogP contribution in [-0.2, 0) is 16.0 Å². The molecule has 2 aromatic carbocycles. The minimum absolute atomic E-state index is 0.0905. The molecular formula is C24H29N3O3. The molecule has 0 aromatic heterocycles. The van der Waals surface area contributed by atoms with Crippen molar-refractivity contribution in [2.75, 3.05) is 44.2 Å². The molecule has 2 amide bonds.